The number of piperidine rings is 1. The maximum Gasteiger partial charge on any atom is 0.162 e. The summed E-state index contributed by atoms with van der Waals surface area (Å²) in [4.78, 5) is 19.9. The van der Waals surface area contributed by atoms with Gasteiger partial charge in [0.2, 0.25) is 0 Å². The van der Waals surface area contributed by atoms with Crippen molar-refractivity contribution >= 4 is 38.3 Å². The lowest BCUT2D eigenvalue weighted by Crippen LogP contribution is -2.59. The minimum atomic E-state index is 0.559. The third-order valence-electron chi connectivity index (χ3n) is 7.71. The Bertz CT molecular complexity index is 1330. The number of aromatic nitrogens is 3. The third-order valence-corrected chi connectivity index (χ3v) is 8.82. The zero-order chi connectivity index (χ0) is 22.5. The van der Waals surface area contributed by atoms with Crippen LogP contribution in [0.1, 0.15) is 17.7 Å². The second kappa shape index (κ2) is 8.30. The summed E-state index contributed by atoms with van der Waals surface area (Å²) in [5, 5.41) is 4.67. The SMILES string of the molecule is c1cc(-c2nc(N3CCOCC3)c3sc(CN4CC5(CCNCC5)C4)cc3n2)c2cc[nH]c2c1. The molecule has 3 saturated heterocycles. The normalized spacial score (nSPS) is 20.9. The molecule has 2 N–H and O–H groups in total. The van der Waals surface area contributed by atoms with Gasteiger partial charge in [-0.15, -0.1) is 11.3 Å². The maximum absolute atomic E-state index is 5.63. The lowest BCUT2D eigenvalue weighted by atomic mass is 9.72. The summed E-state index contributed by atoms with van der Waals surface area (Å²) >= 11 is 1.87. The lowest BCUT2D eigenvalue weighted by molar-refractivity contribution is -0.0276. The molecule has 0 unspecified atom stereocenters. The summed E-state index contributed by atoms with van der Waals surface area (Å²) in [5.74, 6) is 1.87. The van der Waals surface area contributed by atoms with Gasteiger partial charge in [0.05, 0.1) is 23.4 Å². The van der Waals surface area contributed by atoms with Crippen LogP contribution in [0.5, 0.6) is 0 Å². The van der Waals surface area contributed by atoms with Crippen LogP contribution in [0, 0.1) is 5.41 Å². The van der Waals surface area contributed by atoms with Gasteiger partial charge in [0, 0.05) is 60.3 Å². The van der Waals surface area contributed by atoms with Crippen molar-refractivity contribution in [2.24, 2.45) is 5.41 Å². The Morgan fingerprint density at radius 3 is 2.76 bits per heavy atom. The zero-order valence-electron chi connectivity index (χ0n) is 19.3. The molecule has 0 amide bonds. The first kappa shape index (κ1) is 20.8. The number of fused-ring (bicyclic) bond motifs is 2. The number of rotatable bonds is 4. The Morgan fingerprint density at radius 1 is 1.06 bits per heavy atom. The number of likely N-dealkylation sites (tertiary alicyclic amines) is 1. The molecule has 0 atom stereocenters. The molecule has 0 aliphatic carbocycles. The van der Waals surface area contributed by atoms with E-state index in [0.29, 0.717) is 5.41 Å². The van der Waals surface area contributed by atoms with Crippen LogP contribution in [0.4, 0.5) is 5.82 Å². The number of nitrogens with one attached hydrogen (secondary N) is 2. The molecular formula is C26H30N6OS. The number of nitrogens with zero attached hydrogens (tertiary/aromatic N) is 4. The highest BCUT2D eigenvalue weighted by atomic mass is 32.1. The van der Waals surface area contributed by atoms with Gasteiger partial charge in [0.15, 0.2) is 11.6 Å². The van der Waals surface area contributed by atoms with Crippen LogP contribution in [-0.4, -0.2) is 72.3 Å². The molecule has 0 bridgehead atoms. The molecule has 3 aromatic heterocycles. The molecular weight excluding hydrogens is 444 g/mol. The predicted molar refractivity (Wildman–Crippen MR) is 138 cm³/mol. The molecule has 0 radical (unpaired) electrons. The summed E-state index contributed by atoms with van der Waals surface area (Å²) < 4.78 is 6.84. The van der Waals surface area contributed by atoms with Gasteiger partial charge >= 0.3 is 0 Å². The van der Waals surface area contributed by atoms with Crippen molar-refractivity contribution in [2.75, 3.05) is 57.4 Å². The van der Waals surface area contributed by atoms with Crippen molar-refractivity contribution in [1.29, 1.82) is 0 Å². The van der Waals surface area contributed by atoms with Gasteiger partial charge in [-0.2, -0.15) is 0 Å². The summed E-state index contributed by atoms with van der Waals surface area (Å²) in [6, 6.07) is 10.7. The highest BCUT2D eigenvalue weighted by Crippen LogP contribution is 2.41. The van der Waals surface area contributed by atoms with E-state index in [1.54, 1.807) is 0 Å². The van der Waals surface area contributed by atoms with E-state index in [0.717, 1.165) is 66.5 Å². The van der Waals surface area contributed by atoms with Gasteiger partial charge in [0.1, 0.15) is 0 Å². The monoisotopic (exact) mass is 474 g/mol. The summed E-state index contributed by atoms with van der Waals surface area (Å²) in [6.07, 6.45) is 4.62. The molecule has 7 nitrogen and oxygen atoms in total. The van der Waals surface area contributed by atoms with Crippen LogP contribution >= 0.6 is 11.3 Å². The first-order valence-electron chi connectivity index (χ1n) is 12.4. The van der Waals surface area contributed by atoms with E-state index in [1.807, 2.05) is 17.5 Å². The fraction of sp³-hybridized carbons (Fsp3) is 0.462. The van der Waals surface area contributed by atoms with Gasteiger partial charge in [-0.25, -0.2) is 9.97 Å². The summed E-state index contributed by atoms with van der Waals surface area (Å²) in [7, 11) is 0. The fourth-order valence-corrected chi connectivity index (χ4v) is 7.10. The molecule has 6 heterocycles. The predicted octanol–water partition coefficient (Wildman–Crippen LogP) is 3.86. The molecule has 1 aromatic carbocycles. The zero-order valence-corrected chi connectivity index (χ0v) is 20.2. The van der Waals surface area contributed by atoms with Gasteiger partial charge in [-0.3, -0.25) is 4.90 Å². The molecule has 1 spiro atoms. The van der Waals surface area contributed by atoms with Gasteiger partial charge in [-0.05, 0) is 49.5 Å². The Kier molecular flexibility index (Phi) is 5.08. The van der Waals surface area contributed by atoms with Crippen molar-refractivity contribution < 1.29 is 4.74 Å². The van der Waals surface area contributed by atoms with Crippen LogP contribution in [0.15, 0.2) is 36.5 Å². The first-order valence-corrected chi connectivity index (χ1v) is 13.2. The molecule has 8 heteroatoms. The van der Waals surface area contributed by atoms with Crippen LogP contribution in [0.2, 0.25) is 0 Å². The highest BCUT2D eigenvalue weighted by Gasteiger charge is 2.43. The standard InChI is InChI=1S/C26H30N6OS/c1-2-20(19-4-7-28-21(19)3-1)24-29-22-14-18(15-31-16-26(17-31)5-8-27-9-6-26)34-23(22)25(30-24)32-10-12-33-13-11-32/h1-4,7,14,27-28H,5-6,8-13,15-17H2. The van der Waals surface area contributed by atoms with Crippen LogP contribution < -0.4 is 10.2 Å². The van der Waals surface area contributed by atoms with Gasteiger partial charge < -0.3 is 19.9 Å². The van der Waals surface area contributed by atoms with Crippen molar-refractivity contribution in [3.8, 4) is 11.4 Å². The van der Waals surface area contributed by atoms with Crippen LogP contribution in [-0.2, 0) is 11.3 Å². The molecule has 4 aromatic rings. The Balaban J connectivity index is 1.25. The van der Waals surface area contributed by atoms with E-state index in [4.69, 9.17) is 14.7 Å². The molecule has 3 fully saturated rings. The highest BCUT2D eigenvalue weighted by molar-refractivity contribution is 7.19. The average molecular weight is 475 g/mol. The van der Waals surface area contributed by atoms with E-state index in [2.05, 4.69) is 50.4 Å². The van der Waals surface area contributed by atoms with E-state index in [9.17, 15) is 0 Å². The Hall–Kier alpha value is -2.52. The molecule has 3 aliphatic rings. The Labute approximate surface area is 203 Å². The smallest absolute Gasteiger partial charge is 0.162 e. The number of hydrogen-bond donors (Lipinski definition) is 2. The quantitative estimate of drug-likeness (QED) is 0.468. The number of ether oxygens (including phenoxy) is 1. The molecule has 7 rings (SSSR count). The van der Waals surface area contributed by atoms with E-state index in [1.165, 1.54) is 48.6 Å². The minimum Gasteiger partial charge on any atom is -0.378 e. The fourth-order valence-electron chi connectivity index (χ4n) is 5.94. The van der Waals surface area contributed by atoms with Crippen LogP contribution in [0.3, 0.4) is 0 Å². The van der Waals surface area contributed by atoms with Crippen LogP contribution in [0.25, 0.3) is 32.5 Å². The van der Waals surface area contributed by atoms with E-state index >= 15 is 0 Å². The topological polar surface area (TPSA) is 69.3 Å². The minimum absolute atomic E-state index is 0.559. The second-order valence-electron chi connectivity index (χ2n) is 10.0. The Morgan fingerprint density at radius 2 is 1.91 bits per heavy atom. The molecule has 0 saturated carbocycles. The molecule has 3 aliphatic heterocycles. The van der Waals surface area contributed by atoms with Gasteiger partial charge in [-0.1, -0.05) is 12.1 Å². The van der Waals surface area contributed by atoms with E-state index < -0.39 is 0 Å². The molecule has 34 heavy (non-hydrogen) atoms. The lowest BCUT2D eigenvalue weighted by Gasteiger charge is -2.52. The second-order valence-corrected chi connectivity index (χ2v) is 11.2. The average Bonchev–Trinajstić information content (AvgIpc) is 3.50. The maximum atomic E-state index is 5.63. The number of aromatic amines is 1. The summed E-state index contributed by atoms with van der Waals surface area (Å²) in [6.45, 7) is 9.05. The van der Waals surface area contributed by atoms with Crippen molar-refractivity contribution in [2.45, 2.75) is 19.4 Å². The number of benzene rings is 1. The number of anilines is 1. The number of thiophene rings is 1. The van der Waals surface area contributed by atoms with Crippen molar-refractivity contribution in [3.63, 3.8) is 0 Å². The molecule has 176 valence electrons. The summed E-state index contributed by atoms with van der Waals surface area (Å²) in [5.41, 5.74) is 3.82. The van der Waals surface area contributed by atoms with Crippen molar-refractivity contribution in [1.82, 2.24) is 25.2 Å². The number of morpholine rings is 1. The largest absolute Gasteiger partial charge is 0.378 e. The first-order chi connectivity index (χ1) is 16.8. The number of H-pyrrole nitrogens is 1. The number of hydrogen-bond acceptors (Lipinski definition) is 7. The van der Waals surface area contributed by atoms with E-state index in [-0.39, 0.29) is 0 Å². The van der Waals surface area contributed by atoms with Gasteiger partial charge in [0.25, 0.3) is 0 Å². The van der Waals surface area contributed by atoms with Crippen molar-refractivity contribution in [3.05, 3.63) is 41.4 Å². The third kappa shape index (κ3) is 3.60.